The molecular weight excluding hydrogens is 277 g/mol. The van der Waals surface area contributed by atoms with Crippen LogP contribution in [0.1, 0.15) is 26.6 Å². The van der Waals surface area contributed by atoms with Crippen LogP contribution >= 0.6 is 11.3 Å². The van der Waals surface area contributed by atoms with E-state index in [1.807, 2.05) is 12.3 Å². The Labute approximate surface area is 120 Å². The standard InChI is InChI=1S/C14H16FN3OS/c1-9-18-12(8-20-9)4-5-17-7-11-3-2-10(14(16)19)6-13(11)15/h2-3,6,8,17H,4-5,7H2,1H3,(H2,16,19). The third-order valence-electron chi connectivity index (χ3n) is 2.88. The minimum Gasteiger partial charge on any atom is -0.366 e. The molecule has 1 heterocycles. The van der Waals surface area contributed by atoms with Gasteiger partial charge in [0.15, 0.2) is 0 Å². The number of benzene rings is 1. The number of carbonyl (C=O) groups excluding carboxylic acids is 1. The summed E-state index contributed by atoms with van der Waals surface area (Å²) in [6, 6.07) is 4.28. The molecule has 2 rings (SSSR count). The van der Waals surface area contributed by atoms with Crippen molar-refractivity contribution in [2.45, 2.75) is 19.9 Å². The van der Waals surface area contributed by atoms with Crippen LogP contribution in [0.25, 0.3) is 0 Å². The molecular formula is C14H16FN3OS. The average molecular weight is 293 g/mol. The van der Waals surface area contributed by atoms with E-state index in [1.165, 1.54) is 12.1 Å². The Hall–Kier alpha value is -1.79. The topological polar surface area (TPSA) is 68.0 Å². The van der Waals surface area contributed by atoms with Gasteiger partial charge in [0.05, 0.1) is 10.7 Å². The second-order valence-electron chi connectivity index (χ2n) is 4.46. The van der Waals surface area contributed by atoms with E-state index >= 15 is 0 Å². The molecule has 1 aromatic heterocycles. The Morgan fingerprint density at radius 2 is 2.30 bits per heavy atom. The van der Waals surface area contributed by atoms with Crippen molar-refractivity contribution in [2.24, 2.45) is 5.73 Å². The summed E-state index contributed by atoms with van der Waals surface area (Å²) in [4.78, 5) is 15.3. The lowest BCUT2D eigenvalue weighted by molar-refractivity contribution is 0.1000. The van der Waals surface area contributed by atoms with Crippen LogP contribution in [0.3, 0.4) is 0 Å². The summed E-state index contributed by atoms with van der Waals surface area (Å²) < 4.78 is 13.7. The molecule has 0 atom stereocenters. The monoisotopic (exact) mass is 293 g/mol. The first-order chi connectivity index (χ1) is 9.56. The summed E-state index contributed by atoms with van der Waals surface area (Å²) in [5.41, 5.74) is 6.84. The lowest BCUT2D eigenvalue weighted by atomic mass is 10.1. The van der Waals surface area contributed by atoms with Crippen molar-refractivity contribution >= 4 is 17.2 Å². The number of hydrogen-bond acceptors (Lipinski definition) is 4. The van der Waals surface area contributed by atoms with E-state index in [9.17, 15) is 9.18 Å². The minimum atomic E-state index is -0.623. The summed E-state index contributed by atoms with van der Waals surface area (Å²) in [6.07, 6.45) is 0.811. The molecule has 2 aromatic rings. The number of rotatable bonds is 6. The van der Waals surface area contributed by atoms with Gasteiger partial charge in [-0.25, -0.2) is 9.37 Å². The number of nitrogens with zero attached hydrogens (tertiary/aromatic N) is 1. The van der Waals surface area contributed by atoms with Gasteiger partial charge >= 0.3 is 0 Å². The molecule has 0 fully saturated rings. The van der Waals surface area contributed by atoms with Gasteiger partial charge in [0.1, 0.15) is 5.82 Å². The van der Waals surface area contributed by atoms with Gasteiger partial charge in [-0.3, -0.25) is 4.79 Å². The summed E-state index contributed by atoms with van der Waals surface area (Å²) >= 11 is 1.62. The molecule has 3 N–H and O–H groups in total. The lowest BCUT2D eigenvalue weighted by Gasteiger charge is -2.06. The molecule has 0 spiro atoms. The summed E-state index contributed by atoms with van der Waals surface area (Å²) in [7, 11) is 0. The largest absolute Gasteiger partial charge is 0.366 e. The van der Waals surface area contributed by atoms with E-state index in [0.717, 1.165) is 23.7 Å². The molecule has 0 aliphatic heterocycles. The number of aromatic nitrogens is 1. The molecule has 6 heteroatoms. The predicted octanol–water partition coefficient (Wildman–Crippen LogP) is 2.02. The van der Waals surface area contributed by atoms with E-state index in [1.54, 1.807) is 17.4 Å². The normalized spacial score (nSPS) is 10.7. The van der Waals surface area contributed by atoms with Gasteiger partial charge < -0.3 is 11.1 Å². The number of halogens is 1. The molecule has 0 aliphatic carbocycles. The molecule has 106 valence electrons. The number of aryl methyl sites for hydroxylation is 1. The molecule has 0 saturated heterocycles. The fourth-order valence-corrected chi connectivity index (χ4v) is 2.45. The van der Waals surface area contributed by atoms with Gasteiger partial charge in [0.2, 0.25) is 5.91 Å². The molecule has 20 heavy (non-hydrogen) atoms. The van der Waals surface area contributed by atoms with Crippen molar-refractivity contribution in [1.29, 1.82) is 0 Å². The van der Waals surface area contributed by atoms with Crippen molar-refractivity contribution in [3.05, 3.63) is 51.2 Å². The zero-order valence-electron chi connectivity index (χ0n) is 11.1. The van der Waals surface area contributed by atoms with Gasteiger partial charge in [-0.2, -0.15) is 0 Å². The summed E-state index contributed by atoms with van der Waals surface area (Å²) in [5.74, 6) is -1.04. The number of nitrogens with one attached hydrogen (secondary N) is 1. The van der Waals surface area contributed by atoms with E-state index in [-0.39, 0.29) is 5.56 Å². The summed E-state index contributed by atoms with van der Waals surface area (Å²) in [6.45, 7) is 3.10. The highest BCUT2D eigenvalue weighted by molar-refractivity contribution is 7.09. The Bertz CT molecular complexity index is 612. The maximum Gasteiger partial charge on any atom is 0.248 e. The number of thiazole rings is 1. The zero-order chi connectivity index (χ0) is 14.5. The van der Waals surface area contributed by atoms with Crippen LogP contribution < -0.4 is 11.1 Å². The number of primary amides is 1. The Morgan fingerprint density at radius 1 is 1.50 bits per heavy atom. The quantitative estimate of drug-likeness (QED) is 0.801. The van der Waals surface area contributed by atoms with Gasteiger partial charge in [0.25, 0.3) is 0 Å². The van der Waals surface area contributed by atoms with E-state index in [2.05, 4.69) is 10.3 Å². The van der Waals surface area contributed by atoms with Crippen LogP contribution in [0.5, 0.6) is 0 Å². The van der Waals surface area contributed by atoms with Crippen molar-refractivity contribution in [3.8, 4) is 0 Å². The SMILES string of the molecule is Cc1nc(CCNCc2ccc(C(N)=O)cc2F)cs1. The Morgan fingerprint density at radius 3 is 2.90 bits per heavy atom. The predicted molar refractivity (Wildman–Crippen MR) is 77.2 cm³/mol. The average Bonchev–Trinajstić information content (AvgIpc) is 2.81. The number of nitrogens with two attached hydrogens (primary N) is 1. The number of hydrogen-bond donors (Lipinski definition) is 2. The molecule has 1 aromatic carbocycles. The highest BCUT2D eigenvalue weighted by Gasteiger charge is 2.06. The molecule has 0 saturated carbocycles. The zero-order valence-corrected chi connectivity index (χ0v) is 12.0. The fraction of sp³-hybridized carbons (Fsp3) is 0.286. The maximum absolute atomic E-state index is 13.7. The van der Waals surface area contributed by atoms with E-state index in [4.69, 9.17) is 5.73 Å². The van der Waals surface area contributed by atoms with Crippen LogP contribution in [-0.4, -0.2) is 17.4 Å². The Balaban J connectivity index is 1.83. The highest BCUT2D eigenvalue weighted by Crippen LogP contribution is 2.11. The first-order valence-corrected chi connectivity index (χ1v) is 7.14. The summed E-state index contributed by atoms with van der Waals surface area (Å²) in [5, 5.41) is 6.23. The molecule has 0 aliphatic rings. The van der Waals surface area contributed by atoms with Gasteiger partial charge in [-0.1, -0.05) is 6.07 Å². The van der Waals surface area contributed by atoms with Crippen LogP contribution in [0.4, 0.5) is 4.39 Å². The van der Waals surface area contributed by atoms with Crippen molar-refractivity contribution < 1.29 is 9.18 Å². The third kappa shape index (κ3) is 3.85. The highest BCUT2D eigenvalue weighted by atomic mass is 32.1. The van der Waals surface area contributed by atoms with Crippen molar-refractivity contribution in [3.63, 3.8) is 0 Å². The maximum atomic E-state index is 13.7. The second-order valence-corrected chi connectivity index (χ2v) is 5.52. The molecule has 0 unspecified atom stereocenters. The van der Waals surface area contributed by atoms with Gasteiger partial charge in [-0.05, 0) is 19.1 Å². The van der Waals surface area contributed by atoms with Crippen LogP contribution in [0.15, 0.2) is 23.6 Å². The van der Waals surface area contributed by atoms with Gasteiger partial charge in [-0.15, -0.1) is 11.3 Å². The van der Waals surface area contributed by atoms with Crippen molar-refractivity contribution in [1.82, 2.24) is 10.3 Å². The van der Waals surface area contributed by atoms with E-state index < -0.39 is 11.7 Å². The van der Waals surface area contributed by atoms with E-state index in [0.29, 0.717) is 12.1 Å². The van der Waals surface area contributed by atoms with Crippen molar-refractivity contribution in [2.75, 3.05) is 6.54 Å². The lowest BCUT2D eigenvalue weighted by Crippen LogP contribution is -2.18. The van der Waals surface area contributed by atoms with Crippen LogP contribution in [0.2, 0.25) is 0 Å². The minimum absolute atomic E-state index is 0.184. The van der Waals surface area contributed by atoms with Crippen LogP contribution in [0, 0.1) is 12.7 Å². The molecule has 0 bridgehead atoms. The Kier molecular flexibility index (Phi) is 4.81. The fourth-order valence-electron chi connectivity index (χ4n) is 1.81. The smallest absolute Gasteiger partial charge is 0.248 e. The number of carbonyl (C=O) groups is 1. The van der Waals surface area contributed by atoms with Crippen LogP contribution in [-0.2, 0) is 13.0 Å². The molecule has 0 radical (unpaired) electrons. The third-order valence-corrected chi connectivity index (χ3v) is 3.70. The van der Waals surface area contributed by atoms with Gasteiger partial charge in [0, 0.05) is 36.0 Å². The number of amides is 1. The second kappa shape index (κ2) is 6.58. The first kappa shape index (κ1) is 14.6. The first-order valence-electron chi connectivity index (χ1n) is 6.26. The molecule has 1 amide bonds. The molecule has 4 nitrogen and oxygen atoms in total.